The molecule has 0 unspecified atom stereocenters. The molecule has 0 aliphatic rings. The Bertz CT molecular complexity index is 1050. The van der Waals surface area contributed by atoms with Gasteiger partial charge in [-0.25, -0.2) is 9.67 Å². The number of amides is 1. The van der Waals surface area contributed by atoms with Crippen LogP contribution in [0.4, 0.5) is 5.69 Å². The van der Waals surface area contributed by atoms with E-state index in [0.29, 0.717) is 6.54 Å². The lowest BCUT2D eigenvalue weighted by atomic mass is 10.2. The van der Waals surface area contributed by atoms with E-state index < -0.39 is 0 Å². The van der Waals surface area contributed by atoms with Crippen LogP contribution >= 0.6 is 0 Å². The smallest absolute Gasteiger partial charge is 0.221 e. The molecule has 0 saturated heterocycles. The van der Waals surface area contributed by atoms with Crippen LogP contribution in [0.3, 0.4) is 0 Å². The van der Waals surface area contributed by atoms with E-state index in [9.17, 15) is 4.79 Å². The van der Waals surface area contributed by atoms with Crippen molar-refractivity contribution in [2.24, 2.45) is 0 Å². The van der Waals surface area contributed by atoms with E-state index in [1.54, 1.807) is 6.20 Å². The van der Waals surface area contributed by atoms with E-state index in [2.05, 4.69) is 20.0 Å². The van der Waals surface area contributed by atoms with E-state index in [0.717, 1.165) is 28.3 Å². The molecule has 2 aromatic heterocycles. The van der Waals surface area contributed by atoms with Gasteiger partial charge in [0.2, 0.25) is 5.91 Å². The van der Waals surface area contributed by atoms with Crippen LogP contribution in [0.2, 0.25) is 0 Å². The molecule has 0 atom stereocenters. The maximum Gasteiger partial charge on any atom is 0.221 e. The molecule has 1 amide bonds. The molecule has 27 heavy (non-hydrogen) atoms. The predicted molar refractivity (Wildman–Crippen MR) is 105 cm³/mol. The molecule has 4 rings (SSSR count). The summed E-state index contributed by atoms with van der Waals surface area (Å²) in [4.78, 5) is 15.6. The lowest BCUT2D eigenvalue weighted by molar-refractivity contribution is -0.114. The quantitative estimate of drug-likeness (QED) is 0.592. The molecular weight excluding hydrogens is 338 g/mol. The van der Waals surface area contributed by atoms with Crippen LogP contribution in [0.15, 0.2) is 79.4 Å². The van der Waals surface area contributed by atoms with Gasteiger partial charge in [-0.1, -0.05) is 18.2 Å². The van der Waals surface area contributed by atoms with Crippen molar-refractivity contribution >= 4 is 11.6 Å². The van der Waals surface area contributed by atoms with Crippen LogP contribution in [0.5, 0.6) is 0 Å². The van der Waals surface area contributed by atoms with Gasteiger partial charge in [0.15, 0.2) is 0 Å². The lowest BCUT2D eigenvalue weighted by Gasteiger charge is -2.08. The second kappa shape index (κ2) is 7.29. The van der Waals surface area contributed by atoms with E-state index in [-0.39, 0.29) is 5.91 Å². The van der Waals surface area contributed by atoms with Gasteiger partial charge >= 0.3 is 0 Å². The fourth-order valence-electron chi connectivity index (χ4n) is 2.96. The van der Waals surface area contributed by atoms with Crippen LogP contribution in [0, 0.1) is 0 Å². The standard InChI is InChI=1S/C21H19N5O/c1-16(27)24-19-9-7-18(8-10-19)21-22-11-12-25(21)14-17-13-23-26(15-17)20-5-3-2-4-6-20/h2-13,15H,14H2,1H3,(H,24,27). The Labute approximate surface area is 157 Å². The number of anilines is 1. The van der Waals surface area contributed by atoms with Gasteiger partial charge in [0, 0.05) is 42.3 Å². The monoisotopic (exact) mass is 357 g/mol. The number of carbonyl (C=O) groups excluding carboxylic acids is 1. The average Bonchev–Trinajstić information content (AvgIpc) is 3.33. The van der Waals surface area contributed by atoms with Crippen molar-refractivity contribution in [3.8, 4) is 17.1 Å². The second-order valence-electron chi connectivity index (χ2n) is 6.27. The highest BCUT2D eigenvalue weighted by Gasteiger charge is 2.08. The largest absolute Gasteiger partial charge is 0.326 e. The number of nitrogens with one attached hydrogen (secondary N) is 1. The van der Waals surface area contributed by atoms with Gasteiger partial charge in [-0.15, -0.1) is 0 Å². The van der Waals surface area contributed by atoms with Gasteiger partial charge in [0.25, 0.3) is 0 Å². The molecule has 134 valence electrons. The first-order chi connectivity index (χ1) is 13.2. The van der Waals surface area contributed by atoms with Crippen molar-refractivity contribution in [2.75, 3.05) is 5.32 Å². The van der Waals surface area contributed by atoms with Gasteiger partial charge in [-0.2, -0.15) is 5.10 Å². The molecule has 0 fully saturated rings. The Morgan fingerprint density at radius 2 is 1.85 bits per heavy atom. The van der Waals surface area contributed by atoms with E-state index in [1.807, 2.05) is 77.9 Å². The number of para-hydroxylation sites is 1. The highest BCUT2D eigenvalue weighted by atomic mass is 16.1. The third-order valence-corrected chi connectivity index (χ3v) is 4.19. The number of nitrogens with zero attached hydrogens (tertiary/aromatic N) is 4. The molecule has 2 aromatic carbocycles. The van der Waals surface area contributed by atoms with Crippen LogP contribution < -0.4 is 5.32 Å². The summed E-state index contributed by atoms with van der Waals surface area (Å²) in [7, 11) is 0. The first kappa shape index (κ1) is 16.8. The number of benzene rings is 2. The molecule has 0 spiro atoms. The molecule has 0 bridgehead atoms. The zero-order valence-corrected chi connectivity index (χ0v) is 14.9. The number of rotatable bonds is 5. The van der Waals surface area contributed by atoms with Gasteiger partial charge in [-0.05, 0) is 36.4 Å². The Balaban J connectivity index is 1.54. The minimum absolute atomic E-state index is 0.0836. The fraction of sp³-hybridized carbons (Fsp3) is 0.0952. The molecule has 1 N–H and O–H groups in total. The summed E-state index contributed by atoms with van der Waals surface area (Å²) in [6.45, 7) is 2.17. The number of aromatic nitrogens is 4. The second-order valence-corrected chi connectivity index (χ2v) is 6.27. The van der Waals surface area contributed by atoms with Crippen molar-refractivity contribution in [3.05, 3.63) is 84.9 Å². The SMILES string of the molecule is CC(=O)Nc1ccc(-c2nccn2Cc2cnn(-c3ccccc3)c2)cc1. The maximum absolute atomic E-state index is 11.2. The van der Waals surface area contributed by atoms with Crippen LogP contribution in [-0.4, -0.2) is 25.2 Å². The molecule has 0 aliphatic carbocycles. The highest BCUT2D eigenvalue weighted by Crippen LogP contribution is 2.21. The van der Waals surface area contributed by atoms with Crippen molar-refractivity contribution in [1.29, 1.82) is 0 Å². The molecular formula is C21H19N5O. The normalized spacial score (nSPS) is 10.7. The molecule has 0 saturated carbocycles. The lowest BCUT2D eigenvalue weighted by Crippen LogP contribution is -2.05. The maximum atomic E-state index is 11.2. The van der Waals surface area contributed by atoms with E-state index in [1.165, 1.54) is 6.92 Å². The van der Waals surface area contributed by atoms with Crippen molar-refractivity contribution < 1.29 is 4.79 Å². The van der Waals surface area contributed by atoms with Crippen molar-refractivity contribution in [1.82, 2.24) is 19.3 Å². The fourth-order valence-corrected chi connectivity index (χ4v) is 2.96. The summed E-state index contributed by atoms with van der Waals surface area (Å²) >= 11 is 0. The summed E-state index contributed by atoms with van der Waals surface area (Å²) in [5, 5.41) is 7.22. The van der Waals surface area contributed by atoms with Crippen LogP contribution in [0.25, 0.3) is 17.1 Å². The first-order valence-electron chi connectivity index (χ1n) is 8.67. The van der Waals surface area contributed by atoms with Gasteiger partial charge in [0.05, 0.1) is 18.4 Å². The van der Waals surface area contributed by atoms with Crippen molar-refractivity contribution in [2.45, 2.75) is 13.5 Å². The minimum atomic E-state index is -0.0836. The molecule has 4 aromatic rings. The Hall–Kier alpha value is -3.67. The molecule has 6 heteroatoms. The number of hydrogen-bond acceptors (Lipinski definition) is 3. The average molecular weight is 357 g/mol. The number of carbonyl (C=O) groups is 1. The third-order valence-electron chi connectivity index (χ3n) is 4.19. The summed E-state index contributed by atoms with van der Waals surface area (Å²) in [5.41, 5.74) is 3.88. The molecule has 6 nitrogen and oxygen atoms in total. The molecule has 0 aliphatic heterocycles. The molecule has 0 radical (unpaired) electrons. The summed E-state index contributed by atoms with van der Waals surface area (Å²) in [6, 6.07) is 17.7. The Morgan fingerprint density at radius 3 is 2.59 bits per heavy atom. The van der Waals surface area contributed by atoms with E-state index >= 15 is 0 Å². The zero-order chi connectivity index (χ0) is 18.6. The number of imidazole rings is 1. The highest BCUT2D eigenvalue weighted by molar-refractivity contribution is 5.88. The summed E-state index contributed by atoms with van der Waals surface area (Å²) < 4.78 is 3.95. The first-order valence-corrected chi connectivity index (χ1v) is 8.67. The van der Waals surface area contributed by atoms with Gasteiger partial charge in [-0.3, -0.25) is 4.79 Å². The predicted octanol–water partition coefficient (Wildman–Crippen LogP) is 3.74. The minimum Gasteiger partial charge on any atom is -0.326 e. The van der Waals surface area contributed by atoms with Gasteiger partial charge < -0.3 is 9.88 Å². The van der Waals surface area contributed by atoms with Crippen molar-refractivity contribution in [3.63, 3.8) is 0 Å². The summed E-state index contributed by atoms with van der Waals surface area (Å²) in [5.74, 6) is 0.788. The molecule has 2 heterocycles. The van der Waals surface area contributed by atoms with Crippen LogP contribution in [-0.2, 0) is 11.3 Å². The van der Waals surface area contributed by atoms with Crippen LogP contribution in [0.1, 0.15) is 12.5 Å². The van der Waals surface area contributed by atoms with Gasteiger partial charge in [0.1, 0.15) is 5.82 Å². The van der Waals surface area contributed by atoms with E-state index in [4.69, 9.17) is 0 Å². The summed E-state index contributed by atoms with van der Waals surface area (Å²) in [6.07, 6.45) is 7.64. The zero-order valence-electron chi connectivity index (χ0n) is 14.9. The Morgan fingerprint density at radius 1 is 1.07 bits per heavy atom. The topological polar surface area (TPSA) is 64.7 Å². The third kappa shape index (κ3) is 3.79. The number of hydrogen-bond donors (Lipinski definition) is 1. The Kier molecular flexibility index (Phi) is 4.53.